The number of benzene rings is 1. The van der Waals surface area contributed by atoms with Crippen molar-refractivity contribution >= 4 is 46.0 Å². The van der Waals surface area contributed by atoms with Gasteiger partial charge < -0.3 is 0 Å². The number of alkyl halides is 1. The molecule has 1 aromatic carbocycles. The van der Waals surface area contributed by atoms with E-state index >= 15 is 0 Å². The predicted octanol–water partition coefficient (Wildman–Crippen LogP) is 2.78. The van der Waals surface area contributed by atoms with Crippen molar-refractivity contribution in [2.45, 2.75) is 12.8 Å². The Balaban J connectivity index is 2.20. The van der Waals surface area contributed by atoms with Crippen molar-refractivity contribution in [1.82, 2.24) is 19.9 Å². The Labute approximate surface area is 156 Å². The monoisotopic (exact) mass is 453 g/mol. The minimum absolute atomic E-state index is 1.06. The van der Waals surface area contributed by atoms with Crippen LogP contribution in [0.2, 0.25) is 0 Å². The number of rotatable bonds is 7. The standard InChI is InChI=1S/C18H19IN4P/c19-10-4-5-13-24(16-6-2-1-3-7-16,17-8-11-20-14-22-17)18-9-12-21-15-23-18/h1-3,6-9,11-12,14-15H,4-5,10,13H2/q+1/i19+4. The first-order chi connectivity index (χ1) is 11.9. The van der Waals surface area contributed by atoms with Crippen LogP contribution in [0.25, 0.3) is 0 Å². The molecule has 0 aliphatic heterocycles. The average molecular weight is 453 g/mol. The summed E-state index contributed by atoms with van der Waals surface area (Å²) in [4.78, 5) is 17.5. The highest BCUT2D eigenvalue weighted by molar-refractivity contribution is 14.1. The molecule has 0 aliphatic rings. The molecule has 3 rings (SSSR count). The summed E-state index contributed by atoms with van der Waals surface area (Å²) in [5, 5.41) is 1.32. The van der Waals surface area contributed by atoms with E-state index in [9.17, 15) is 0 Å². The molecule has 2 aromatic heterocycles. The molecule has 3 aromatic rings. The van der Waals surface area contributed by atoms with Crippen LogP contribution in [0.4, 0.5) is 0 Å². The Morgan fingerprint density at radius 2 is 1.42 bits per heavy atom. The summed E-state index contributed by atoms with van der Waals surface area (Å²) in [6.07, 6.45) is 10.4. The topological polar surface area (TPSA) is 51.6 Å². The van der Waals surface area contributed by atoms with Crippen molar-refractivity contribution in [2.75, 3.05) is 10.6 Å². The van der Waals surface area contributed by atoms with E-state index in [0.717, 1.165) is 23.5 Å². The molecule has 0 atom stereocenters. The zero-order chi connectivity index (χ0) is 16.7. The lowest BCUT2D eigenvalue weighted by Crippen LogP contribution is -2.36. The highest BCUT2D eigenvalue weighted by Gasteiger charge is 2.47. The average Bonchev–Trinajstić information content (AvgIpc) is 2.68. The van der Waals surface area contributed by atoms with Crippen LogP contribution < -0.4 is 16.2 Å². The molecule has 122 valence electrons. The maximum absolute atomic E-state index is 4.66. The van der Waals surface area contributed by atoms with Gasteiger partial charge in [-0.1, -0.05) is 40.8 Å². The van der Waals surface area contributed by atoms with Crippen LogP contribution in [0.5, 0.6) is 0 Å². The summed E-state index contributed by atoms with van der Waals surface area (Å²) in [5.41, 5.74) is 2.19. The van der Waals surface area contributed by atoms with Gasteiger partial charge in [0.2, 0.25) is 0 Å². The molecule has 0 radical (unpaired) electrons. The van der Waals surface area contributed by atoms with E-state index < -0.39 is 7.26 Å². The molecule has 0 amide bonds. The van der Waals surface area contributed by atoms with Crippen LogP contribution >= 0.6 is 29.9 Å². The van der Waals surface area contributed by atoms with Crippen molar-refractivity contribution in [1.29, 1.82) is 0 Å². The Kier molecular flexibility index (Phi) is 6.21. The predicted molar refractivity (Wildman–Crippen MR) is 109 cm³/mol. The zero-order valence-electron chi connectivity index (χ0n) is 13.3. The first-order valence-electron chi connectivity index (χ1n) is 7.91. The summed E-state index contributed by atoms with van der Waals surface area (Å²) in [6.45, 7) is 0. The number of hydrogen-bond donors (Lipinski definition) is 0. The number of halogens is 1. The van der Waals surface area contributed by atoms with Gasteiger partial charge in [-0.15, -0.1) is 0 Å². The fourth-order valence-corrected chi connectivity index (χ4v) is 7.42. The lowest BCUT2D eigenvalue weighted by Gasteiger charge is -2.24. The van der Waals surface area contributed by atoms with E-state index in [0.29, 0.717) is 0 Å². The van der Waals surface area contributed by atoms with Gasteiger partial charge in [-0.3, -0.25) is 0 Å². The zero-order valence-corrected chi connectivity index (χ0v) is 16.3. The summed E-state index contributed by atoms with van der Waals surface area (Å²) >= 11 is 2.44. The van der Waals surface area contributed by atoms with E-state index in [1.165, 1.54) is 16.2 Å². The molecule has 0 saturated carbocycles. The van der Waals surface area contributed by atoms with Crippen molar-refractivity contribution < 1.29 is 0 Å². The lowest BCUT2D eigenvalue weighted by molar-refractivity contribution is 0.912. The Morgan fingerprint density at radius 1 is 0.792 bits per heavy atom. The minimum atomic E-state index is -1.89. The second-order valence-electron chi connectivity index (χ2n) is 5.40. The molecule has 0 bridgehead atoms. The van der Waals surface area contributed by atoms with E-state index in [4.69, 9.17) is 0 Å². The van der Waals surface area contributed by atoms with Gasteiger partial charge in [0.1, 0.15) is 18.0 Å². The van der Waals surface area contributed by atoms with Crippen molar-refractivity contribution in [3.8, 4) is 0 Å². The van der Waals surface area contributed by atoms with Gasteiger partial charge in [0.05, 0.1) is 6.16 Å². The molecule has 0 unspecified atom stereocenters. The van der Waals surface area contributed by atoms with Gasteiger partial charge in [0.15, 0.2) is 18.1 Å². The highest BCUT2D eigenvalue weighted by Crippen LogP contribution is 2.54. The van der Waals surface area contributed by atoms with Crippen LogP contribution in [-0.4, -0.2) is 30.5 Å². The molecule has 0 fully saturated rings. The van der Waals surface area contributed by atoms with Crippen LogP contribution in [0.15, 0.2) is 67.5 Å². The van der Waals surface area contributed by atoms with Gasteiger partial charge in [-0.05, 0) is 29.4 Å². The molecule has 24 heavy (non-hydrogen) atoms. The lowest BCUT2D eigenvalue weighted by atomic mass is 10.4. The van der Waals surface area contributed by atoms with Crippen LogP contribution in [-0.2, 0) is 0 Å². The smallest absolute Gasteiger partial charge is 0.197 e. The third kappa shape index (κ3) is 3.62. The molecule has 0 saturated heterocycles. The molecular formula is C18H19IN4P+. The van der Waals surface area contributed by atoms with Gasteiger partial charge in [-0.25, -0.2) is 19.9 Å². The Morgan fingerprint density at radius 3 is 1.92 bits per heavy atom. The van der Waals surface area contributed by atoms with E-state index in [1.807, 2.05) is 24.5 Å². The summed E-state index contributed by atoms with van der Waals surface area (Å²) in [7, 11) is -1.89. The molecule has 0 N–H and O–H groups in total. The summed E-state index contributed by atoms with van der Waals surface area (Å²) in [5.74, 6) is 0. The quantitative estimate of drug-likeness (QED) is 0.239. The highest BCUT2D eigenvalue weighted by atomic mass is 131. The summed E-state index contributed by atoms with van der Waals surface area (Å²) in [6, 6.07) is 14.8. The van der Waals surface area contributed by atoms with Crippen molar-refractivity contribution in [3.63, 3.8) is 0 Å². The second kappa shape index (κ2) is 8.58. The van der Waals surface area contributed by atoms with Crippen LogP contribution in [0.3, 0.4) is 0 Å². The molecule has 0 spiro atoms. The first-order valence-corrected chi connectivity index (χ1v) is 11.4. The Bertz CT molecular complexity index is 644. The van der Waals surface area contributed by atoms with Gasteiger partial charge in [-0.2, -0.15) is 0 Å². The summed E-state index contributed by atoms with van der Waals surface area (Å²) < 4.78 is 1.17. The minimum Gasteiger partial charge on any atom is -0.245 e. The maximum atomic E-state index is 4.66. The molecule has 6 heteroatoms. The maximum Gasteiger partial charge on any atom is 0.197 e. The van der Waals surface area contributed by atoms with Gasteiger partial charge in [0.25, 0.3) is 0 Å². The third-order valence-electron chi connectivity index (χ3n) is 3.99. The molecule has 2 heterocycles. The SMILES string of the molecule is [131I]CCCC[P+](c1ccccc1)(c1ccncn1)c1ccncn1. The van der Waals surface area contributed by atoms with Gasteiger partial charge >= 0.3 is 0 Å². The number of hydrogen-bond acceptors (Lipinski definition) is 4. The van der Waals surface area contributed by atoms with Crippen molar-refractivity contribution in [2.24, 2.45) is 0 Å². The number of unbranched alkanes of at least 4 members (excludes halogenated alkanes) is 1. The van der Waals surface area contributed by atoms with Gasteiger partial charge in [0, 0.05) is 24.5 Å². The van der Waals surface area contributed by atoms with Crippen LogP contribution in [0, 0.1) is 0 Å². The van der Waals surface area contributed by atoms with Crippen LogP contribution in [0.1, 0.15) is 12.8 Å². The second-order valence-corrected chi connectivity index (χ2v) is 9.98. The van der Waals surface area contributed by atoms with Crippen molar-refractivity contribution in [3.05, 3.63) is 67.5 Å². The van der Waals surface area contributed by atoms with E-state index in [1.54, 1.807) is 12.7 Å². The fourth-order valence-electron chi connectivity index (χ4n) is 2.89. The number of nitrogens with zero attached hydrogens (tertiary/aromatic N) is 4. The molecular weight excluding hydrogens is 434 g/mol. The largest absolute Gasteiger partial charge is 0.245 e. The normalized spacial score (nSPS) is 11.4. The first kappa shape index (κ1) is 17.4. The van der Waals surface area contributed by atoms with E-state index in [2.05, 4.69) is 72.9 Å². The molecule has 4 nitrogen and oxygen atoms in total. The number of aromatic nitrogens is 4. The third-order valence-corrected chi connectivity index (χ3v) is 9.01. The Hall–Kier alpha value is -1.46. The molecule has 0 aliphatic carbocycles. The fraction of sp³-hybridized carbons (Fsp3) is 0.222. The van der Waals surface area contributed by atoms with E-state index in [-0.39, 0.29) is 0 Å².